The van der Waals surface area contributed by atoms with Crippen molar-refractivity contribution >= 4 is 5.91 Å². The molecule has 1 aliphatic carbocycles. The molecule has 1 aliphatic rings. The number of benzene rings is 1. The highest BCUT2D eigenvalue weighted by Crippen LogP contribution is 2.21. The van der Waals surface area contributed by atoms with E-state index in [2.05, 4.69) is 5.32 Å². The SMILES string of the molecule is CN(C)C(=O)CCOc1ccc(CNC2CC2)cc1F. The molecule has 20 heavy (non-hydrogen) atoms. The van der Waals surface area contributed by atoms with Crippen LogP contribution >= 0.6 is 0 Å². The monoisotopic (exact) mass is 280 g/mol. The molecule has 1 N–H and O–H groups in total. The highest BCUT2D eigenvalue weighted by atomic mass is 19.1. The highest BCUT2D eigenvalue weighted by molar-refractivity contribution is 5.75. The summed E-state index contributed by atoms with van der Waals surface area (Å²) in [7, 11) is 3.37. The van der Waals surface area contributed by atoms with Gasteiger partial charge in [-0.3, -0.25) is 4.79 Å². The van der Waals surface area contributed by atoms with Crippen molar-refractivity contribution in [1.29, 1.82) is 0 Å². The van der Waals surface area contributed by atoms with Crippen LogP contribution in [-0.2, 0) is 11.3 Å². The Kier molecular flexibility index (Phi) is 4.95. The van der Waals surface area contributed by atoms with Crippen LogP contribution in [0.2, 0.25) is 0 Å². The van der Waals surface area contributed by atoms with Crippen LogP contribution < -0.4 is 10.1 Å². The van der Waals surface area contributed by atoms with Gasteiger partial charge in [0.05, 0.1) is 13.0 Å². The number of ether oxygens (including phenoxy) is 1. The molecule has 1 saturated carbocycles. The standard InChI is InChI=1S/C15H21FN2O2/c1-18(2)15(19)7-8-20-14-6-3-11(9-13(14)16)10-17-12-4-5-12/h3,6,9,12,17H,4-5,7-8,10H2,1-2H3. The fraction of sp³-hybridized carbons (Fsp3) is 0.533. The molecule has 0 saturated heterocycles. The first-order valence-corrected chi connectivity index (χ1v) is 6.91. The largest absolute Gasteiger partial charge is 0.490 e. The molecule has 0 spiro atoms. The number of rotatable bonds is 7. The van der Waals surface area contributed by atoms with E-state index in [1.165, 1.54) is 23.8 Å². The van der Waals surface area contributed by atoms with Gasteiger partial charge >= 0.3 is 0 Å². The van der Waals surface area contributed by atoms with Crippen LogP contribution in [0.15, 0.2) is 18.2 Å². The van der Waals surface area contributed by atoms with E-state index >= 15 is 0 Å². The van der Waals surface area contributed by atoms with Crippen LogP contribution in [0.3, 0.4) is 0 Å². The fourth-order valence-corrected chi connectivity index (χ4v) is 1.79. The summed E-state index contributed by atoms with van der Waals surface area (Å²) in [5, 5.41) is 3.33. The van der Waals surface area contributed by atoms with Crippen LogP contribution in [0.4, 0.5) is 4.39 Å². The molecule has 0 aliphatic heterocycles. The first-order chi connectivity index (χ1) is 9.56. The van der Waals surface area contributed by atoms with Gasteiger partial charge in [-0.25, -0.2) is 4.39 Å². The summed E-state index contributed by atoms with van der Waals surface area (Å²) in [6.45, 7) is 0.870. The lowest BCUT2D eigenvalue weighted by molar-refractivity contribution is -0.129. The predicted molar refractivity (Wildman–Crippen MR) is 75.1 cm³/mol. The Bertz CT molecular complexity index is 473. The highest BCUT2D eigenvalue weighted by Gasteiger charge is 2.20. The Morgan fingerprint density at radius 2 is 2.20 bits per heavy atom. The van der Waals surface area contributed by atoms with Gasteiger partial charge in [-0.1, -0.05) is 6.07 Å². The number of nitrogens with one attached hydrogen (secondary N) is 1. The molecule has 4 nitrogen and oxygen atoms in total. The molecule has 1 fully saturated rings. The second-order valence-electron chi connectivity index (χ2n) is 5.31. The minimum absolute atomic E-state index is 0.0318. The molecule has 0 bridgehead atoms. The van der Waals surface area contributed by atoms with Crippen molar-refractivity contribution < 1.29 is 13.9 Å². The van der Waals surface area contributed by atoms with E-state index in [1.807, 2.05) is 6.07 Å². The van der Waals surface area contributed by atoms with Crippen molar-refractivity contribution in [3.05, 3.63) is 29.6 Å². The number of nitrogens with zero attached hydrogens (tertiary/aromatic N) is 1. The van der Waals surface area contributed by atoms with Gasteiger partial charge in [0, 0.05) is 26.7 Å². The van der Waals surface area contributed by atoms with Gasteiger partial charge in [-0.15, -0.1) is 0 Å². The number of hydrogen-bond acceptors (Lipinski definition) is 3. The van der Waals surface area contributed by atoms with Crippen molar-refractivity contribution in [2.45, 2.75) is 31.8 Å². The second kappa shape index (κ2) is 6.70. The molecule has 1 aromatic rings. The zero-order chi connectivity index (χ0) is 14.5. The lowest BCUT2D eigenvalue weighted by Crippen LogP contribution is -2.23. The minimum atomic E-state index is -0.377. The molecule has 0 heterocycles. The maximum absolute atomic E-state index is 13.8. The van der Waals surface area contributed by atoms with Crippen molar-refractivity contribution in [1.82, 2.24) is 10.2 Å². The van der Waals surface area contributed by atoms with Gasteiger partial charge in [-0.05, 0) is 30.5 Å². The lowest BCUT2D eigenvalue weighted by atomic mass is 10.2. The summed E-state index contributed by atoms with van der Waals surface area (Å²) in [5.41, 5.74) is 0.908. The van der Waals surface area contributed by atoms with Crippen LogP contribution in [0.5, 0.6) is 5.75 Å². The van der Waals surface area contributed by atoms with Gasteiger partial charge in [0.15, 0.2) is 11.6 Å². The fourth-order valence-electron chi connectivity index (χ4n) is 1.79. The molecule has 1 amide bonds. The van der Waals surface area contributed by atoms with Crippen LogP contribution in [-0.4, -0.2) is 37.6 Å². The maximum Gasteiger partial charge on any atom is 0.225 e. The number of hydrogen-bond donors (Lipinski definition) is 1. The summed E-state index contributed by atoms with van der Waals surface area (Å²) in [4.78, 5) is 12.9. The van der Waals surface area contributed by atoms with E-state index in [1.54, 1.807) is 20.2 Å². The topological polar surface area (TPSA) is 41.6 Å². The van der Waals surface area contributed by atoms with Gasteiger partial charge in [-0.2, -0.15) is 0 Å². The second-order valence-corrected chi connectivity index (χ2v) is 5.31. The number of halogens is 1. The first kappa shape index (κ1) is 14.8. The zero-order valence-corrected chi connectivity index (χ0v) is 12.0. The van der Waals surface area contributed by atoms with Gasteiger partial charge < -0.3 is 15.0 Å². The lowest BCUT2D eigenvalue weighted by Gasteiger charge is -2.12. The maximum atomic E-state index is 13.8. The van der Waals surface area contributed by atoms with E-state index in [0.29, 0.717) is 12.6 Å². The third-order valence-electron chi connectivity index (χ3n) is 3.24. The molecule has 110 valence electrons. The predicted octanol–water partition coefficient (Wildman–Crippen LogP) is 1.93. The summed E-state index contributed by atoms with van der Waals surface area (Å²) in [6.07, 6.45) is 2.67. The van der Waals surface area contributed by atoms with Gasteiger partial charge in [0.1, 0.15) is 0 Å². The van der Waals surface area contributed by atoms with Gasteiger partial charge in [0.2, 0.25) is 5.91 Å². The number of carbonyl (C=O) groups excluding carboxylic acids is 1. The molecule has 2 rings (SSSR count). The van der Waals surface area contributed by atoms with E-state index in [0.717, 1.165) is 5.56 Å². The van der Waals surface area contributed by atoms with E-state index < -0.39 is 0 Å². The summed E-state index contributed by atoms with van der Waals surface area (Å²) in [5.74, 6) is -0.209. The van der Waals surface area contributed by atoms with Crippen molar-refractivity contribution in [2.75, 3.05) is 20.7 Å². The van der Waals surface area contributed by atoms with E-state index in [4.69, 9.17) is 4.74 Å². The van der Waals surface area contributed by atoms with Crippen LogP contribution in [0, 0.1) is 5.82 Å². The molecule has 0 atom stereocenters. The number of amides is 1. The van der Waals surface area contributed by atoms with Crippen molar-refractivity contribution in [3.63, 3.8) is 0 Å². The smallest absolute Gasteiger partial charge is 0.225 e. The normalized spacial score (nSPS) is 14.2. The first-order valence-electron chi connectivity index (χ1n) is 6.91. The third-order valence-corrected chi connectivity index (χ3v) is 3.24. The molecule has 5 heteroatoms. The summed E-state index contributed by atoms with van der Waals surface area (Å²) >= 11 is 0. The average molecular weight is 280 g/mol. The Labute approximate surface area is 118 Å². The van der Waals surface area contributed by atoms with Gasteiger partial charge in [0.25, 0.3) is 0 Å². The number of carbonyl (C=O) groups is 1. The summed E-state index contributed by atoms with van der Waals surface area (Å²) < 4.78 is 19.1. The Hall–Kier alpha value is -1.62. The molecule has 0 radical (unpaired) electrons. The molecular weight excluding hydrogens is 259 g/mol. The van der Waals surface area contributed by atoms with Crippen molar-refractivity contribution in [3.8, 4) is 5.75 Å². The molecule has 0 aromatic heterocycles. The van der Waals surface area contributed by atoms with Crippen LogP contribution in [0.25, 0.3) is 0 Å². The van der Waals surface area contributed by atoms with E-state index in [-0.39, 0.29) is 30.5 Å². The molecular formula is C15H21FN2O2. The zero-order valence-electron chi connectivity index (χ0n) is 12.0. The van der Waals surface area contributed by atoms with Crippen LogP contribution in [0.1, 0.15) is 24.8 Å². The Morgan fingerprint density at radius 3 is 2.80 bits per heavy atom. The Morgan fingerprint density at radius 1 is 1.45 bits per heavy atom. The molecule has 0 unspecified atom stereocenters. The van der Waals surface area contributed by atoms with Crippen molar-refractivity contribution in [2.24, 2.45) is 0 Å². The summed E-state index contributed by atoms with van der Waals surface area (Å²) in [6, 6.07) is 5.56. The third kappa shape index (κ3) is 4.49. The Balaban J connectivity index is 1.80. The average Bonchev–Trinajstić information content (AvgIpc) is 3.22. The molecule has 1 aromatic carbocycles. The van der Waals surface area contributed by atoms with E-state index in [9.17, 15) is 9.18 Å². The quantitative estimate of drug-likeness (QED) is 0.830. The minimum Gasteiger partial charge on any atom is -0.490 e.